The number of hydrogen-bond donors (Lipinski definition) is 3. The molecule has 0 saturated carbocycles. The molecule has 1 atom stereocenters. The molecule has 0 saturated heterocycles. The van der Waals surface area contributed by atoms with E-state index in [9.17, 15) is 18.0 Å². The first-order valence-electron chi connectivity index (χ1n) is 9.26. The third kappa shape index (κ3) is 6.16. The number of amides is 1. The molecule has 7 nitrogen and oxygen atoms in total. The van der Waals surface area contributed by atoms with Crippen LogP contribution in [0.4, 0.5) is 19.0 Å². The van der Waals surface area contributed by atoms with E-state index in [4.69, 9.17) is 4.74 Å². The van der Waals surface area contributed by atoms with Gasteiger partial charge in [0.2, 0.25) is 5.96 Å². The summed E-state index contributed by atoms with van der Waals surface area (Å²) >= 11 is 0. The lowest BCUT2D eigenvalue weighted by Gasteiger charge is -2.13. The van der Waals surface area contributed by atoms with Gasteiger partial charge in [-0.2, -0.15) is 5.10 Å². The van der Waals surface area contributed by atoms with Crippen molar-refractivity contribution in [2.24, 2.45) is 4.99 Å². The van der Waals surface area contributed by atoms with Crippen molar-refractivity contribution in [3.63, 3.8) is 0 Å². The predicted octanol–water partition coefficient (Wildman–Crippen LogP) is 3.73. The number of anilines is 1. The monoisotopic (exact) mass is 431 g/mol. The van der Waals surface area contributed by atoms with Gasteiger partial charge in [-0.25, -0.2) is 18.2 Å². The average molecular weight is 431 g/mol. The minimum absolute atomic E-state index is 0.0438. The number of methoxy groups -OCH3 is 1. The Bertz CT molecular complexity index is 1080. The summed E-state index contributed by atoms with van der Waals surface area (Å²) in [6.07, 6.45) is 0. The van der Waals surface area contributed by atoms with Gasteiger partial charge in [0, 0.05) is 30.4 Å². The number of ether oxygens (including phenoxy) is 1. The normalized spacial score (nSPS) is 12.5. The maximum absolute atomic E-state index is 13.5. The van der Waals surface area contributed by atoms with Crippen molar-refractivity contribution in [3.8, 4) is 11.3 Å². The lowest BCUT2D eigenvalue weighted by atomic mass is 10.1. The van der Waals surface area contributed by atoms with Gasteiger partial charge in [-0.1, -0.05) is 6.07 Å². The van der Waals surface area contributed by atoms with Crippen molar-refractivity contribution in [3.05, 3.63) is 71.5 Å². The van der Waals surface area contributed by atoms with Crippen molar-refractivity contribution < 1.29 is 22.7 Å². The van der Waals surface area contributed by atoms with Gasteiger partial charge >= 0.3 is 0 Å². The molecule has 2 aromatic carbocycles. The third-order valence-electron chi connectivity index (χ3n) is 4.07. The lowest BCUT2D eigenvalue weighted by Crippen LogP contribution is -2.37. The van der Waals surface area contributed by atoms with Gasteiger partial charge in [-0.05, 0) is 37.3 Å². The summed E-state index contributed by atoms with van der Waals surface area (Å²) in [5, 5.41) is 12.1. The highest BCUT2D eigenvalue weighted by Gasteiger charge is 2.14. The van der Waals surface area contributed by atoms with E-state index in [-0.39, 0.29) is 35.6 Å². The van der Waals surface area contributed by atoms with E-state index >= 15 is 0 Å². The van der Waals surface area contributed by atoms with Crippen molar-refractivity contribution in [2.75, 3.05) is 19.0 Å². The molecule has 0 unspecified atom stereocenters. The average Bonchev–Trinajstić information content (AvgIpc) is 3.16. The molecular weight excluding hydrogens is 411 g/mol. The van der Waals surface area contributed by atoms with Gasteiger partial charge in [0.1, 0.15) is 17.5 Å². The lowest BCUT2D eigenvalue weighted by molar-refractivity contribution is 0.0976. The van der Waals surface area contributed by atoms with E-state index in [2.05, 4.69) is 25.8 Å². The van der Waals surface area contributed by atoms with Crippen molar-refractivity contribution in [2.45, 2.75) is 13.0 Å². The Kier molecular flexibility index (Phi) is 7.03. The number of rotatable bonds is 6. The van der Waals surface area contributed by atoms with Crippen LogP contribution in [0.2, 0.25) is 0 Å². The summed E-state index contributed by atoms with van der Waals surface area (Å²) in [7, 11) is 1.52. The number of aliphatic imine (C=N–C) groups is 1. The number of nitrogens with one attached hydrogen (secondary N) is 3. The van der Waals surface area contributed by atoms with Crippen LogP contribution in [-0.2, 0) is 4.74 Å². The fraction of sp³-hybridized carbons (Fsp3) is 0.190. The number of carbonyl (C=O) groups excluding carboxylic acids is 1. The minimum atomic E-state index is -0.725. The van der Waals surface area contributed by atoms with E-state index in [0.29, 0.717) is 5.69 Å². The molecule has 0 fully saturated rings. The zero-order chi connectivity index (χ0) is 22.4. The molecule has 3 aromatic rings. The zero-order valence-corrected chi connectivity index (χ0v) is 16.7. The summed E-state index contributed by atoms with van der Waals surface area (Å²) in [6.45, 7) is 2.06. The number of guanidine groups is 1. The number of aromatic amines is 1. The van der Waals surface area contributed by atoms with E-state index in [1.165, 1.54) is 31.4 Å². The Labute approximate surface area is 176 Å². The van der Waals surface area contributed by atoms with E-state index in [1.54, 1.807) is 6.92 Å². The fourth-order valence-corrected chi connectivity index (χ4v) is 2.77. The van der Waals surface area contributed by atoms with E-state index < -0.39 is 23.4 Å². The first-order chi connectivity index (χ1) is 14.8. The number of aromatic nitrogens is 2. The molecule has 0 aliphatic rings. The maximum Gasteiger partial charge on any atom is 0.258 e. The van der Waals surface area contributed by atoms with Gasteiger partial charge in [-0.15, -0.1) is 0 Å². The molecular formula is C21H20F3N5O2. The summed E-state index contributed by atoms with van der Waals surface area (Å²) in [5.41, 5.74) is 0.710. The summed E-state index contributed by atoms with van der Waals surface area (Å²) < 4.78 is 45.5. The molecule has 3 N–H and O–H groups in total. The number of H-pyrrole nitrogens is 1. The Morgan fingerprint density at radius 1 is 1.13 bits per heavy atom. The molecule has 0 spiro atoms. The number of carbonyl (C=O) groups is 1. The van der Waals surface area contributed by atoms with Crippen LogP contribution in [0, 0.1) is 17.5 Å². The van der Waals surface area contributed by atoms with Crippen LogP contribution in [0.25, 0.3) is 11.3 Å². The Morgan fingerprint density at radius 3 is 2.55 bits per heavy atom. The number of halogens is 3. The van der Waals surface area contributed by atoms with E-state index in [0.717, 1.165) is 24.3 Å². The SMILES string of the molecule is COC[C@H](C)N=C(NC(=O)c1cccc(F)c1)Nc1cc(-c2cc(F)cc(F)c2)[nH]n1. The summed E-state index contributed by atoms with van der Waals surface area (Å²) in [5.74, 6) is -2.30. The first-order valence-corrected chi connectivity index (χ1v) is 9.26. The molecule has 1 heterocycles. The zero-order valence-electron chi connectivity index (χ0n) is 16.7. The van der Waals surface area contributed by atoms with Crippen LogP contribution in [0.15, 0.2) is 53.5 Å². The fourth-order valence-electron chi connectivity index (χ4n) is 2.77. The second kappa shape index (κ2) is 9.90. The number of hydrogen-bond acceptors (Lipinski definition) is 4. The molecule has 0 aliphatic carbocycles. The molecule has 31 heavy (non-hydrogen) atoms. The highest BCUT2D eigenvalue weighted by Crippen LogP contribution is 2.22. The minimum Gasteiger partial charge on any atom is -0.382 e. The van der Waals surface area contributed by atoms with Crippen LogP contribution in [-0.4, -0.2) is 41.8 Å². The highest BCUT2D eigenvalue weighted by molar-refractivity contribution is 6.09. The predicted molar refractivity (Wildman–Crippen MR) is 110 cm³/mol. The van der Waals surface area contributed by atoms with Gasteiger partial charge in [0.05, 0.1) is 18.3 Å². The quantitative estimate of drug-likeness (QED) is 0.410. The van der Waals surface area contributed by atoms with Crippen LogP contribution in [0.1, 0.15) is 17.3 Å². The van der Waals surface area contributed by atoms with Gasteiger partial charge in [0.25, 0.3) is 5.91 Å². The molecule has 1 amide bonds. The van der Waals surface area contributed by atoms with Crippen LogP contribution in [0.3, 0.4) is 0 Å². The smallest absolute Gasteiger partial charge is 0.258 e. The molecule has 3 rings (SSSR count). The third-order valence-corrected chi connectivity index (χ3v) is 4.07. The maximum atomic E-state index is 13.5. The van der Waals surface area contributed by atoms with Crippen molar-refractivity contribution >= 4 is 17.7 Å². The standard InChI is InChI=1S/C21H20F3N5O2/c1-12(11-31-2)25-21(27-20(30)13-4-3-5-15(22)6-13)26-19-10-18(28-29-19)14-7-16(23)9-17(24)8-14/h3-10,12H,11H2,1-2H3,(H3,25,26,27,28,29,30)/t12-/m0/s1. The Morgan fingerprint density at radius 2 is 1.87 bits per heavy atom. The Hall–Kier alpha value is -3.66. The van der Waals surface area contributed by atoms with Crippen LogP contribution >= 0.6 is 0 Å². The summed E-state index contributed by atoms with van der Waals surface area (Å²) in [4.78, 5) is 16.8. The number of nitrogens with zero attached hydrogens (tertiary/aromatic N) is 2. The topological polar surface area (TPSA) is 91.4 Å². The van der Waals surface area contributed by atoms with Crippen LogP contribution < -0.4 is 10.6 Å². The second-order valence-electron chi connectivity index (χ2n) is 6.70. The van der Waals surface area contributed by atoms with Gasteiger partial charge < -0.3 is 10.1 Å². The molecule has 0 aliphatic heterocycles. The second-order valence-corrected chi connectivity index (χ2v) is 6.70. The van der Waals surface area contributed by atoms with Crippen molar-refractivity contribution in [1.29, 1.82) is 0 Å². The highest BCUT2D eigenvalue weighted by atomic mass is 19.1. The molecule has 0 radical (unpaired) electrons. The number of benzene rings is 2. The van der Waals surface area contributed by atoms with Crippen molar-refractivity contribution in [1.82, 2.24) is 15.5 Å². The molecule has 10 heteroatoms. The molecule has 0 bridgehead atoms. The molecule has 162 valence electrons. The van der Waals surface area contributed by atoms with Gasteiger partial charge in [0.15, 0.2) is 5.82 Å². The van der Waals surface area contributed by atoms with E-state index in [1.807, 2.05) is 0 Å². The largest absolute Gasteiger partial charge is 0.382 e. The molecule has 1 aromatic heterocycles. The Balaban J connectivity index is 1.82. The summed E-state index contributed by atoms with van der Waals surface area (Å²) in [6, 6.07) is 9.45. The first kappa shape index (κ1) is 22.0. The van der Waals surface area contributed by atoms with Gasteiger partial charge in [-0.3, -0.25) is 15.2 Å². The van der Waals surface area contributed by atoms with Crippen LogP contribution in [0.5, 0.6) is 0 Å².